The van der Waals surface area contributed by atoms with Crippen LogP contribution in [-0.2, 0) is 13.1 Å². The minimum Gasteiger partial charge on any atom is -0.284 e. The van der Waals surface area contributed by atoms with Gasteiger partial charge in [-0.1, -0.05) is 78.9 Å². The summed E-state index contributed by atoms with van der Waals surface area (Å²) in [5.74, 6) is 0. The van der Waals surface area contributed by atoms with E-state index in [-0.39, 0.29) is 0 Å². The molecule has 2 N–H and O–H groups in total. The number of hydrogen-bond donors (Lipinski definition) is 1. The van der Waals surface area contributed by atoms with Gasteiger partial charge in [0.15, 0.2) is 0 Å². The predicted molar refractivity (Wildman–Crippen MR) is 111 cm³/mol. The Bertz CT molecular complexity index is 865. The van der Waals surface area contributed by atoms with E-state index in [1.54, 1.807) is 0 Å². The molecule has 30 heavy (non-hydrogen) atoms. The zero-order valence-corrected chi connectivity index (χ0v) is 16.9. The van der Waals surface area contributed by atoms with Crippen LogP contribution in [0.2, 0.25) is 0 Å². The van der Waals surface area contributed by atoms with Gasteiger partial charge in [0.1, 0.15) is 25.4 Å². The molecule has 0 spiro atoms. The molecule has 0 aliphatic carbocycles. The third kappa shape index (κ3) is 9.39. The van der Waals surface area contributed by atoms with E-state index in [0.29, 0.717) is 6.67 Å². The van der Waals surface area contributed by atoms with Gasteiger partial charge in [-0.3, -0.25) is 10.2 Å². The van der Waals surface area contributed by atoms with Crippen LogP contribution in [0.1, 0.15) is 11.1 Å². The Morgan fingerprint density at radius 2 is 0.867 bits per heavy atom. The van der Waals surface area contributed by atoms with Crippen molar-refractivity contribution in [2.24, 2.45) is 5.73 Å². The average molecular weight is 448 g/mol. The van der Waals surface area contributed by atoms with E-state index in [4.69, 9.17) is 5.73 Å². The standard InChI is InChI=1S/C21H23N2.F6P/c22-18-23(21-14-8-3-9-15-21,16-19-10-4-1-5-11-19)17-20-12-6-2-7-13-20;1-7(2,3,4,5)6/h1-15H,16-18,22H2;/q+1;-1. The molecule has 0 fully saturated rings. The van der Waals surface area contributed by atoms with Crippen LogP contribution >= 0.6 is 7.81 Å². The Labute approximate surface area is 171 Å². The molecule has 0 radical (unpaired) electrons. The van der Waals surface area contributed by atoms with Gasteiger partial charge in [-0.15, -0.1) is 0 Å². The summed E-state index contributed by atoms with van der Waals surface area (Å²) in [5.41, 5.74) is 10.2. The van der Waals surface area contributed by atoms with E-state index in [1.807, 2.05) is 0 Å². The Morgan fingerprint density at radius 1 is 0.567 bits per heavy atom. The van der Waals surface area contributed by atoms with Crippen LogP contribution in [0.25, 0.3) is 0 Å². The second kappa shape index (κ2) is 8.38. The summed E-state index contributed by atoms with van der Waals surface area (Å²) >= 11 is 0. The quantitative estimate of drug-likeness (QED) is 0.178. The monoisotopic (exact) mass is 448 g/mol. The number of rotatable bonds is 6. The smallest absolute Gasteiger partial charge is 0.135 e. The molecule has 3 aromatic carbocycles. The first-order valence-electron chi connectivity index (χ1n) is 9.03. The van der Waals surface area contributed by atoms with Gasteiger partial charge < -0.3 is 0 Å². The molecule has 0 atom stereocenters. The molecule has 0 saturated heterocycles. The van der Waals surface area contributed by atoms with Crippen molar-refractivity contribution in [1.82, 2.24) is 4.48 Å². The topological polar surface area (TPSA) is 26.0 Å². The number of nitrogens with zero attached hydrogens (tertiary/aromatic N) is 1. The summed E-state index contributed by atoms with van der Waals surface area (Å²) in [7, 11) is -10.7. The van der Waals surface area contributed by atoms with Crippen molar-refractivity contribution < 1.29 is 25.2 Å². The molecule has 0 saturated carbocycles. The zero-order chi connectivity index (χ0) is 22.4. The molecule has 0 aliphatic rings. The molecule has 0 aromatic heterocycles. The minimum atomic E-state index is -10.7. The molecular formula is C21H23F6N2P. The van der Waals surface area contributed by atoms with Gasteiger partial charge >= 0.3 is 33.0 Å². The molecule has 0 amide bonds. The maximum absolute atomic E-state index is 10.7. The van der Waals surface area contributed by atoms with Crippen LogP contribution in [0, 0.1) is 0 Å². The van der Waals surface area contributed by atoms with Gasteiger partial charge in [-0.05, 0) is 12.1 Å². The third-order valence-corrected chi connectivity index (χ3v) is 4.31. The molecular weight excluding hydrogens is 425 g/mol. The molecule has 2 nitrogen and oxygen atoms in total. The third-order valence-electron chi connectivity index (χ3n) is 4.31. The molecule has 9 heteroatoms. The SMILES string of the molecule is F[P-](F)(F)(F)(F)F.NC[N+](Cc1ccccc1)(Cc1ccccc1)c1ccccc1. The molecule has 0 bridgehead atoms. The van der Waals surface area contributed by atoms with Crippen molar-refractivity contribution in [3.63, 3.8) is 0 Å². The first kappa shape index (κ1) is 23.9. The summed E-state index contributed by atoms with van der Waals surface area (Å²) in [6.45, 7) is 2.33. The van der Waals surface area contributed by atoms with Crippen molar-refractivity contribution in [3.05, 3.63) is 102 Å². The van der Waals surface area contributed by atoms with Crippen molar-refractivity contribution >= 4 is 13.5 Å². The fraction of sp³-hybridized carbons (Fsp3) is 0.143. The van der Waals surface area contributed by atoms with Gasteiger partial charge in [0.2, 0.25) is 0 Å². The average Bonchev–Trinajstić information content (AvgIpc) is 2.67. The van der Waals surface area contributed by atoms with Gasteiger partial charge in [-0.2, -0.15) is 0 Å². The maximum atomic E-state index is 9.87. The molecule has 164 valence electrons. The predicted octanol–water partition coefficient (Wildman–Crippen LogP) is 7.69. The van der Waals surface area contributed by atoms with Crippen molar-refractivity contribution in [2.45, 2.75) is 13.1 Å². The normalized spacial score (nSPS) is 14.1. The van der Waals surface area contributed by atoms with Gasteiger partial charge in [0.25, 0.3) is 0 Å². The van der Waals surface area contributed by atoms with E-state index >= 15 is 0 Å². The van der Waals surface area contributed by atoms with Crippen LogP contribution in [0.3, 0.4) is 0 Å². The Hall–Kier alpha value is -2.41. The second-order valence-electron chi connectivity index (χ2n) is 6.91. The van der Waals surface area contributed by atoms with Crippen LogP contribution in [0.5, 0.6) is 0 Å². The maximum Gasteiger partial charge on any atom is 0.135 e. The van der Waals surface area contributed by atoms with Crippen molar-refractivity contribution in [3.8, 4) is 0 Å². The van der Waals surface area contributed by atoms with Crippen molar-refractivity contribution in [2.75, 3.05) is 6.67 Å². The number of benzene rings is 3. The van der Waals surface area contributed by atoms with E-state index in [9.17, 15) is 25.2 Å². The number of halogens is 6. The van der Waals surface area contributed by atoms with E-state index in [2.05, 4.69) is 91.0 Å². The second-order valence-corrected chi connectivity index (χ2v) is 8.83. The van der Waals surface area contributed by atoms with E-state index in [0.717, 1.165) is 17.6 Å². The molecule has 3 rings (SSSR count). The zero-order valence-electron chi connectivity index (χ0n) is 16.0. The Kier molecular flexibility index (Phi) is 6.66. The first-order valence-corrected chi connectivity index (χ1v) is 11.1. The summed E-state index contributed by atoms with van der Waals surface area (Å²) < 4.78 is 59.9. The largest absolute Gasteiger partial charge is 0.284 e. The van der Waals surface area contributed by atoms with Gasteiger partial charge in [0, 0.05) is 11.1 Å². The van der Waals surface area contributed by atoms with Crippen LogP contribution in [0.15, 0.2) is 91.0 Å². The molecule has 0 aliphatic heterocycles. The van der Waals surface area contributed by atoms with E-state index < -0.39 is 7.81 Å². The molecule has 3 aromatic rings. The Morgan fingerprint density at radius 3 is 1.17 bits per heavy atom. The summed E-state index contributed by atoms with van der Waals surface area (Å²) in [4.78, 5) is 0. The number of hydrogen-bond acceptors (Lipinski definition) is 1. The molecule has 0 heterocycles. The number of nitrogens with two attached hydrogens (primary N) is 1. The minimum absolute atomic E-state index is 0.563. The van der Waals surface area contributed by atoms with Crippen LogP contribution < -0.4 is 10.2 Å². The fourth-order valence-corrected chi connectivity index (χ4v) is 3.08. The van der Waals surface area contributed by atoms with E-state index in [1.165, 1.54) is 16.8 Å². The first-order chi connectivity index (χ1) is 13.8. The van der Waals surface area contributed by atoms with Crippen LogP contribution in [0.4, 0.5) is 30.9 Å². The van der Waals surface area contributed by atoms with Gasteiger partial charge in [0.05, 0.1) is 0 Å². The van der Waals surface area contributed by atoms with Crippen molar-refractivity contribution in [1.29, 1.82) is 0 Å². The van der Waals surface area contributed by atoms with Gasteiger partial charge in [-0.25, -0.2) is 0 Å². The summed E-state index contributed by atoms with van der Waals surface area (Å²) in [6, 6.07) is 31.8. The summed E-state index contributed by atoms with van der Waals surface area (Å²) in [5, 5.41) is 0. The number of quaternary nitrogens is 1. The summed E-state index contributed by atoms with van der Waals surface area (Å²) in [6.07, 6.45) is 0. The fourth-order valence-electron chi connectivity index (χ4n) is 3.08. The van der Waals surface area contributed by atoms with Crippen LogP contribution in [-0.4, -0.2) is 6.67 Å². The Balaban J connectivity index is 0.000000396. The number of para-hydroxylation sites is 1. The molecule has 0 unspecified atom stereocenters.